The molecular formula is C23H27N3O5S2. The van der Waals surface area contributed by atoms with Gasteiger partial charge in [0.2, 0.25) is 26.0 Å². The number of piperazine rings is 1. The summed E-state index contributed by atoms with van der Waals surface area (Å²) >= 11 is 0. The summed E-state index contributed by atoms with van der Waals surface area (Å²) < 4.78 is 52.9. The van der Waals surface area contributed by atoms with E-state index in [-0.39, 0.29) is 16.3 Å². The number of anilines is 1. The van der Waals surface area contributed by atoms with Gasteiger partial charge in [-0.2, -0.15) is 4.31 Å². The summed E-state index contributed by atoms with van der Waals surface area (Å²) in [6.07, 6.45) is 4.13. The molecule has 1 unspecified atom stereocenters. The molecule has 0 bridgehead atoms. The molecule has 8 nitrogen and oxygen atoms in total. The van der Waals surface area contributed by atoms with E-state index < -0.39 is 31.9 Å². The number of sulfonamides is 2. The van der Waals surface area contributed by atoms with Gasteiger partial charge in [-0.05, 0) is 29.8 Å². The Labute approximate surface area is 195 Å². The molecule has 0 aromatic heterocycles. The molecule has 1 atom stereocenters. The lowest BCUT2D eigenvalue weighted by Crippen LogP contribution is -2.48. The number of carbonyl (C=O) groups is 1. The van der Waals surface area contributed by atoms with Crippen LogP contribution in [0, 0.1) is 5.92 Å². The molecule has 2 aliphatic rings. The molecule has 0 saturated carbocycles. The highest BCUT2D eigenvalue weighted by Gasteiger charge is 2.42. The Morgan fingerprint density at radius 2 is 1.61 bits per heavy atom. The first kappa shape index (κ1) is 23.6. The molecule has 4 rings (SSSR count). The van der Waals surface area contributed by atoms with Crippen molar-refractivity contribution >= 4 is 37.7 Å². The predicted octanol–water partition coefficient (Wildman–Crippen LogP) is 2.02. The van der Waals surface area contributed by atoms with Gasteiger partial charge < -0.3 is 0 Å². The van der Waals surface area contributed by atoms with Gasteiger partial charge in [0.15, 0.2) is 0 Å². The van der Waals surface area contributed by atoms with Crippen molar-refractivity contribution in [1.82, 2.24) is 9.21 Å². The highest BCUT2D eigenvalue weighted by Crippen LogP contribution is 2.29. The zero-order valence-corrected chi connectivity index (χ0v) is 20.0. The van der Waals surface area contributed by atoms with Gasteiger partial charge in [0, 0.05) is 32.7 Å². The van der Waals surface area contributed by atoms with Crippen LogP contribution in [0.4, 0.5) is 5.69 Å². The Morgan fingerprint density at radius 3 is 2.18 bits per heavy atom. The highest BCUT2D eigenvalue weighted by molar-refractivity contribution is 7.94. The fourth-order valence-corrected chi connectivity index (χ4v) is 7.29. The molecule has 2 saturated heterocycles. The Bertz CT molecular complexity index is 1230. The van der Waals surface area contributed by atoms with Crippen LogP contribution in [-0.2, 0) is 24.8 Å². The second-order valence-electron chi connectivity index (χ2n) is 8.29. The number of hydrogen-bond donors (Lipinski definition) is 0. The van der Waals surface area contributed by atoms with Crippen LogP contribution in [0.3, 0.4) is 0 Å². The minimum absolute atomic E-state index is 0.0840. The molecule has 0 spiro atoms. The predicted molar refractivity (Wildman–Crippen MR) is 128 cm³/mol. The van der Waals surface area contributed by atoms with Crippen molar-refractivity contribution < 1.29 is 21.6 Å². The normalized spacial score (nSPS) is 22.3. The average molecular weight is 490 g/mol. The first-order chi connectivity index (χ1) is 15.7. The van der Waals surface area contributed by atoms with Crippen molar-refractivity contribution in [1.29, 1.82) is 0 Å². The van der Waals surface area contributed by atoms with Crippen LogP contribution < -0.4 is 4.31 Å². The maximum absolute atomic E-state index is 13.1. The van der Waals surface area contributed by atoms with E-state index in [1.807, 2.05) is 30.3 Å². The van der Waals surface area contributed by atoms with Crippen LogP contribution in [0.1, 0.15) is 12.5 Å². The van der Waals surface area contributed by atoms with E-state index in [1.54, 1.807) is 6.92 Å². The van der Waals surface area contributed by atoms with Crippen LogP contribution in [0.25, 0.3) is 6.08 Å². The van der Waals surface area contributed by atoms with Crippen molar-refractivity contribution in [2.75, 3.05) is 42.8 Å². The minimum atomic E-state index is -3.73. The van der Waals surface area contributed by atoms with Crippen LogP contribution >= 0.6 is 0 Å². The van der Waals surface area contributed by atoms with E-state index in [0.29, 0.717) is 26.2 Å². The number of nitrogens with zero attached hydrogens (tertiary/aromatic N) is 3. The zero-order valence-electron chi connectivity index (χ0n) is 18.4. The molecule has 0 aliphatic carbocycles. The van der Waals surface area contributed by atoms with E-state index in [4.69, 9.17) is 0 Å². The summed E-state index contributed by atoms with van der Waals surface area (Å²) in [4.78, 5) is 14.5. The standard InChI is InChI=1S/C23H27N3O5S2/c1-19-18-32(28,29)26(23(19)27)21-9-11-22(12-10-21)33(30,31)25-16-14-24(15-17-25)13-5-8-20-6-3-2-4-7-20/h2-12,19H,13-18H2,1H3/b8-5+. The molecule has 2 aliphatic heterocycles. The van der Waals surface area contributed by atoms with Crippen LogP contribution in [0.2, 0.25) is 0 Å². The van der Waals surface area contributed by atoms with Gasteiger partial charge in [-0.3, -0.25) is 9.69 Å². The third-order valence-corrected chi connectivity index (χ3v) is 9.66. The monoisotopic (exact) mass is 489 g/mol. The van der Waals surface area contributed by atoms with E-state index in [2.05, 4.69) is 17.1 Å². The molecule has 10 heteroatoms. The SMILES string of the molecule is CC1CS(=O)(=O)N(c2ccc(S(=O)(=O)N3CCN(C/C=C/c4ccccc4)CC3)cc2)C1=O. The van der Waals surface area contributed by atoms with Gasteiger partial charge in [0.1, 0.15) is 0 Å². The fourth-order valence-electron chi connectivity index (χ4n) is 4.04. The molecule has 176 valence electrons. The molecule has 33 heavy (non-hydrogen) atoms. The van der Waals surface area contributed by atoms with Crippen molar-refractivity contribution in [3.8, 4) is 0 Å². The summed E-state index contributed by atoms with van der Waals surface area (Å²) in [6, 6.07) is 15.5. The lowest BCUT2D eigenvalue weighted by atomic mass is 10.2. The zero-order chi connectivity index (χ0) is 23.6. The first-order valence-electron chi connectivity index (χ1n) is 10.8. The van der Waals surface area contributed by atoms with Crippen molar-refractivity contribution in [3.63, 3.8) is 0 Å². The molecule has 2 fully saturated rings. The van der Waals surface area contributed by atoms with Gasteiger partial charge in [0.25, 0.3) is 0 Å². The molecule has 1 amide bonds. The summed E-state index contributed by atoms with van der Waals surface area (Å²) in [5.41, 5.74) is 1.29. The molecule has 2 aromatic rings. The van der Waals surface area contributed by atoms with Gasteiger partial charge in [-0.25, -0.2) is 21.1 Å². The number of rotatable bonds is 6. The van der Waals surface area contributed by atoms with Gasteiger partial charge >= 0.3 is 0 Å². The topological polar surface area (TPSA) is 95.1 Å². The maximum atomic E-state index is 13.1. The molecular weight excluding hydrogens is 462 g/mol. The minimum Gasteiger partial charge on any atom is -0.297 e. The number of hydrogen-bond acceptors (Lipinski definition) is 6. The summed E-state index contributed by atoms with van der Waals surface area (Å²) in [6.45, 7) is 4.30. The quantitative estimate of drug-likeness (QED) is 0.616. The number of amides is 1. The molecule has 0 N–H and O–H groups in total. The van der Waals surface area contributed by atoms with E-state index in [0.717, 1.165) is 16.4 Å². The second kappa shape index (κ2) is 9.38. The van der Waals surface area contributed by atoms with Crippen molar-refractivity contribution in [2.24, 2.45) is 5.92 Å². The Kier molecular flexibility index (Phi) is 6.71. The molecule has 0 radical (unpaired) electrons. The Morgan fingerprint density at radius 1 is 0.970 bits per heavy atom. The van der Waals surface area contributed by atoms with Gasteiger partial charge in [-0.15, -0.1) is 0 Å². The third-order valence-electron chi connectivity index (χ3n) is 5.87. The molecule has 2 heterocycles. The van der Waals surface area contributed by atoms with Crippen LogP contribution in [0.5, 0.6) is 0 Å². The Balaban J connectivity index is 1.38. The smallest absolute Gasteiger partial charge is 0.244 e. The Hall–Kier alpha value is -2.53. The third kappa shape index (κ3) is 5.03. The van der Waals surface area contributed by atoms with Crippen LogP contribution in [-0.4, -0.2) is 70.4 Å². The lowest BCUT2D eigenvalue weighted by Gasteiger charge is -2.33. The summed E-state index contributed by atoms with van der Waals surface area (Å²) in [5, 5.41) is 0. The largest absolute Gasteiger partial charge is 0.297 e. The van der Waals surface area contributed by atoms with Gasteiger partial charge in [0.05, 0.1) is 22.3 Å². The van der Waals surface area contributed by atoms with Crippen LogP contribution in [0.15, 0.2) is 65.6 Å². The number of carbonyl (C=O) groups excluding carboxylic acids is 1. The first-order valence-corrected chi connectivity index (χ1v) is 13.8. The second-order valence-corrected chi connectivity index (χ2v) is 12.1. The van der Waals surface area contributed by atoms with E-state index in [9.17, 15) is 21.6 Å². The summed E-state index contributed by atoms with van der Waals surface area (Å²) in [5.74, 6) is -1.35. The summed E-state index contributed by atoms with van der Waals surface area (Å²) in [7, 11) is -7.43. The fraction of sp³-hybridized carbons (Fsp3) is 0.348. The van der Waals surface area contributed by atoms with Crippen molar-refractivity contribution in [2.45, 2.75) is 11.8 Å². The lowest BCUT2D eigenvalue weighted by molar-refractivity contribution is -0.119. The van der Waals surface area contributed by atoms with Gasteiger partial charge in [-0.1, -0.05) is 49.4 Å². The van der Waals surface area contributed by atoms with E-state index >= 15 is 0 Å². The molecule has 2 aromatic carbocycles. The van der Waals surface area contributed by atoms with E-state index in [1.165, 1.54) is 28.6 Å². The van der Waals surface area contributed by atoms with Crippen molar-refractivity contribution in [3.05, 3.63) is 66.2 Å². The average Bonchev–Trinajstić information content (AvgIpc) is 3.01. The highest BCUT2D eigenvalue weighted by atomic mass is 32.2. The number of benzene rings is 2. The maximum Gasteiger partial charge on any atom is 0.244 e.